The van der Waals surface area contributed by atoms with E-state index >= 15 is 0 Å². The Labute approximate surface area is 157 Å². The van der Waals surface area contributed by atoms with E-state index in [4.69, 9.17) is 25.8 Å². The third-order valence-corrected chi connectivity index (χ3v) is 3.48. The van der Waals surface area contributed by atoms with Gasteiger partial charge in [0.25, 0.3) is 0 Å². The maximum atomic E-state index is 12.3. The highest BCUT2D eigenvalue weighted by Gasteiger charge is 2.16. The standard InChI is InChI=1S/C18H22ClN3O4/c1-4-24-14-10-12(11-15(25-5-2)16(14)26-6-3)21-18(23)22-13-8-7-9-20-17(13)19/h7-11H,4-6H2,1-3H3,(H2,21,22,23). The van der Waals surface area contributed by atoms with Crippen molar-refractivity contribution in [1.29, 1.82) is 0 Å². The number of aromatic nitrogens is 1. The second kappa shape index (κ2) is 9.72. The maximum Gasteiger partial charge on any atom is 0.323 e. The monoisotopic (exact) mass is 379 g/mol. The SMILES string of the molecule is CCOc1cc(NC(=O)Nc2cccnc2Cl)cc(OCC)c1OCC. The Morgan fingerprint density at radius 1 is 1.04 bits per heavy atom. The molecule has 8 heteroatoms. The van der Waals surface area contributed by atoms with Crippen molar-refractivity contribution in [1.82, 2.24) is 4.98 Å². The molecule has 0 aliphatic carbocycles. The van der Waals surface area contributed by atoms with Crippen LogP contribution in [0.15, 0.2) is 30.5 Å². The normalized spacial score (nSPS) is 10.2. The van der Waals surface area contributed by atoms with Crippen LogP contribution in [0.2, 0.25) is 5.15 Å². The number of halogens is 1. The van der Waals surface area contributed by atoms with E-state index in [0.29, 0.717) is 48.4 Å². The van der Waals surface area contributed by atoms with Crippen LogP contribution < -0.4 is 24.8 Å². The van der Waals surface area contributed by atoms with Crippen molar-refractivity contribution in [3.63, 3.8) is 0 Å². The molecule has 0 saturated carbocycles. The molecule has 2 amide bonds. The summed E-state index contributed by atoms with van der Waals surface area (Å²) in [4.78, 5) is 16.2. The Balaban J connectivity index is 2.24. The maximum absolute atomic E-state index is 12.3. The number of urea groups is 1. The van der Waals surface area contributed by atoms with E-state index in [2.05, 4.69) is 15.6 Å². The van der Waals surface area contributed by atoms with Gasteiger partial charge in [-0.3, -0.25) is 0 Å². The van der Waals surface area contributed by atoms with Crippen molar-refractivity contribution < 1.29 is 19.0 Å². The van der Waals surface area contributed by atoms with Crippen molar-refractivity contribution in [2.24, 2.45) is 0 Å². The number of anilines is 2. The number of ether oxygens (including phenoxy) is 3. The van der Waals surface area contributed by atoms with Crippen LogP contribution in [-0.2, 0) is 0 Å². The van der Waals surface area contributed by atoms with Crippen LogP contribution in [0.3, 0.4) is 0 Å². The Kier molecular flexibility index (Phi) is 7.35. The quantitative estimate of drug-likeness (QED) is 0.656. The highest BCUT2D eigenvalue weighted by atomic mass is 35.5. The molecule has 1 aromatic carbocycles. The van der Waals surface area contributed by atoms with E-state index in [1.807, 2.05) is 20.8 Å². The molecule has 1 aromatic heterocycles. The average Bonchev–Trinajstić information content (AvgIpc) is 2.60. The number of carbonyl (C=O) groups is 1. The smallest absolute Gasteiger partial charge is 0.323 e. The fraction of sp³-hybridized carbons (Fsp3) is 0.333. The van der Waals surface area contributed by atoms with Gasteiger partial charge in [0.1, 0.15) is 0 Å². The Morgan fingerprint density at radius 3 is 2.19 bits per heavy atom. The molecule has 1 heterocycles. The number of nitrogens with zero attached hydrogens (tertiary/aromatic N) is 1. The highest BCUT2D eigenvalue weighted by molar-refractivity contribution is 6.32. The van der Waals surface area contributed by atoms with Crippen LogP contribution in [0.1, 0.15) is 20.8 Å². The van der Waals surface area contributed by atoms with Crippen molar-refractivity contribution in [2.45, 2.75) is 20.8 Å². The van der Waals surface area contributed by atoms with Crippen molar-refractivity contribution >= 4 is 29.0 Å². The number of rotatable bonds is 8. The van der Waals surface area contributed by atoms with Crippen LogP contribution in [0.4, 0.5) is 16.2 Å². The van der Waals surface area contributed by atoms with Crippen LogP contribution in [0.25, 0.3) is 0 Å². The first kappa shape index (κ1) is 19.7. The van der Waals surface area contributed by atoms with E-state index in [9.17, 15) is 4.79 Å². The van der Waals surface area contributed by atoms with Gasteiger partial charge in [-0.05, 0) is 32.9 Å². The lowest BCUT2D eigenvalue weighted by Crippen LogP contribution is -2.20. The summed E-state index contributed by atoms with van der Waals surface area (Å²) in [6, 6.07) is 6.24. The summed E-state index contributed by atoms with van der Waals surface area (Å²) in [5.41, 5.74) is 0.908. The molecule has 0 bridgehead atoms. The summed E-state index contributed by atoms with van der Waals surface area (Å²) in [6.45, 7) is 6.98. The molecule has 2 N–H and O–H groups in total. The predicted octanol–water partition coefficient (Wildman–Crippen LogP) is 4.58. The van der Waals surface area contributed by atoms with E-state index in [1.165, 1.54) is 0 Å². The topological polar surface area (TPSA) is 81.7 Å². The summed E-state index contributed by atoms with van der Waals surface area (Å²) in [6.07, 6.45) is 1.54. The Bertz CT molecular complexity index is 728. The van der Waals surface area contributed by atoms with E-state index in [0.717, 1.165) is 0 Å². The Morgan fingerprint density at radius 2 is 1.65 bits per heavy atom. The summed E-state index contributed by atoms with van der Waals surface area (Å²) >= 11 is 5.95. The molecule has 0 fully saturated rings. The lowest BCUT2D eigenvalue weighted by Gasteiger charge is -2.17. The van der Waals surface area contributed by atoms with Crippen LogP contribution in [0, 0.1) is 0 Å². The second-order valence-electron chi connectivity index (χ2n) is 5.02. The minimum absolute atomic E-state index is 0.208. The summed E-state index contributed by atoms with van der Waals surface area (Å²) in [5.74, 6) is 1.50. The molecule has 0 unspecified atom stereocenters. The number of hydrogen-bond acceptors (Lipinski definition) is 5. The molecular formula is C18H22ClN3O4. The minimum Gasteiger partial charge on any atom is -0.490 e. The molecule has 2 aromatic rings. The molecule has 0 aliphatic rings. The second-order valence-corrected chi connectivity index (χ2v) is 5.38. The third-order valence-electron chi connectivity index (χ3n) is 3.17. The lowest BCUT2D eigenvalue weighted by molar-refractivity contribution is 0.260. The van der Waals surface area contributed by atoms with Gasteiger partial charge in [-0.25, -0.2) is 9.78 Å². The van der Waals surface area contributed by atoms with Gasteiger partial charge < -0.3 is 24.8 Å². The lowest BCUT2D eigenvalue weighted by atomic mass is 10.2. The molecule has 0 saturated heterocycles. The minimum atomic E-state index is -0.464. The number of hydrogen-bond donors (Lipinski definition) is 2. The Hall–Kier alpha value is -2.67. The zero-order chi connectivity index (χ0) is 18.9. The molecule has 0 radical (unpaired) electrons. The first-order chi connectivity index (χ1) is 12.6. The van der Waals surface area contributed by atoms with Gasteiger partial charge in [-0.1, -0.05) is 11.6 Å². The van der Waals surface area contributed by atoms with Gasteiger partial charge in [0, 0.05) is 18.3 Å². The third kappa shape index (κ3) is 5.16. The van der Waals surface area contributed by atoms with Crippen LogP contribution in [0.5, 0.6) is 17.2 Å². The van der Waals surface area contributed by atoms with Crippen LogP contribution in [-0.4, -0.2) is 30.8 Å². The van der Waals surface area contributed by atoms with Crippen molar-refractivity contribution in [3.8, 4) is 17.2 Å². The number of nitrogens with one attached hydrogen (secondary N) is 2. The molecule has 26 heavy (non-hydrogen) atoms. The molecular weight excluding hydrogens is 358 g/mol. The van der Waals surface area contributed by atoms with Crippen molar-refractivity contribution in [2.75, 3.05) is 30.5 Å². The average molecular weight is 380 g/mol. The van der Waals surface area contributed by atoms with Gasteiger partial charge in [-0.15, -0.1) is 0 Å². The first-order valence-corrected chi connectivity index (χ1v) is 8.71. The molecule has 140 valence electrons. The van der Waals surface area contributed by atoms with Gasteiger partial charge in [0.05, 0.1) is 31.2 Å². The fourth-order valence-electron chi connectivity index (χ4n) is 2.22. The molecule has 2 rings (SSSR count). The molecule has 0 spiro atoms. The van der Waals surface area contributed by atoms with Crippen molar-refractivity contribution in [3.05, 3.63) is 35.6 Å². The highest BCUT2D eigenvalue weighted by Crippen LogP contribution is 2.40. The van der Waals surface area contributed by atoms with E-state index in [-0.39, 0.29) is 5.15 Å². The van der Waals surface area contributed by atoms with Gasteiger partial charge in [-0.2, -0.15) is 0 Å². The summed E-state index contributed by atoms with van der Waals surface area (Å²) in [7, 11) is 0. The largest absolute Gasteiger partial charge is 0.490 e. The molecule has 7 nitrogen and oxygen atoms in total. The predicted molar refractivity (Wildman–Crippen MR) is 102 cm³/mol. The number of pyridine rings is 1. The number of carbonyl (C=O) groups excluding carboxylic acids is 1. The van der Waals surface area contributed by atoms with E-state index in [1.54, 1.807) is 30.5 Å². The zero-order valence-electron chi connectivity index (χ0n) is 15.0. The molecule has 0 atom stereocenters. The summed E-state index contributed by atoms with van der Waals surface area (Å²) < 4.78 is 16.9. The van der Waals surface area contributed by atoms with Gasteiger partial charge >= 0.3 is 6.03 Å². The zero-order valence-corrected chi connectivity index (χ0v) is 15.7. The first-order valence-electron chi connectivity index (χ1n) is 8.33. The van der Waals surface area contributed by atoms with Gasteiger partial charge in [0.2, 0.25) is 5.75 Å². The summed E-state index contributed by atoms with van der Waals surface area (Å²) in [5, 5.41) is 5.58. The van der Waals surface area contributed by atoms with Crippen LogP contribution >= 0.6 is 11.6 Å². The van der Waals surface area contributed by atoms with E-state index < -0.39 is 6.03 Å². The molecule has 0 aliphatic heterocycles. The fourth-order valence-corrected chi connectivity index (χ4v) is 2.39. The number of amides is 2. The van der Waals surface area contributed by atoms with Gasteiger partial charge in [0.15, 0.2) is 16.7 Å². The number of benzene rings is 1.